The number of rotatable bonds is 17. The van der Waals surface area contributed by atoms with E-state index >= 15 is 0 Å². The largest absolute Gasteiger partial charge is 0.504 e. The zero-order chi connectivity index (χ0) is 34.8. The van der Waals surface area contributed by atoms with Crippen LogP contribution >= 0.6 is 0 Å². The van der Waals surface area contributed by atoms with Gasteiger partial charge < -0.3 is 64.1 Å². The third-order valence-corrected chi connectivity index (χ3v) is 6.30. The van der Waals surface area contributed by atoms with Gasteiger partial charge in [0.15, 0.2) is 29.0 Å². The van der Waals surface area contributed by atoms with Gasteiger partial charge in [-0.05, 0) is 54.7 Å². The Morgan fingerprint density at radius 1 is 0.848 bits per heavy atom. The molecule has 0 spiro atoms. The van der Waals surface area contributed by atoms with Crippen LogP contribution in [0.2, 0.25) is 0 Å². The first-order valence-corrected chi connectivity index (χ1v) is 14.1. The number of amides is 3. The Balaban J connectivity index is 0.00000160. The number of hydrogen-bond donors (Lipinski definition) is 10. The molecule has 2 aromatic rings. The molecular formula is C29H44N8O9. The molecule has 0 aliphatic heterocycles. The lowest BCUT2D eigenvalue weighted by Crippen LogP contribution is -2.55. The number of aliphatic imine (C=N–C) groups is 1. The average Bonchev–Trinajstić information content (AvgIpc) is 2.99. The molecule has 0 aliphatic rings. The highest BCUT2D eigenvalue weighted by Crippen LogP contribution is 2.28. The molecule has 0 saturated heterocycles. The first kappa shape index (κ1) is 38.7. The smallest absolute Gasteiger partial charge is 0.326 e. The Kier molecular flexibility index (Phi) is 16.7. The number of ether oxygens (including phenoxy) is 2. The van der Waals surface area contributed by atoms with E-state index in [9.17, 15) is 34.5 Å². The topological polar surface area (TPSA) is 314 Å². The lowest BCUT2D eigenvalue weighted by Gasteiger charge is -2.23. The first-order chi connectivity index (χ1) is 21.7. The molecule has 0 heterocycles. The van der Waals surface area contributed by atoms with Gasteiger partial charge in [0.1, 0.15) is 12.1 Å². The Bertz CT molecular complexity index is 1350. The normalized spacial score (nSPS) is 12.3. The van der Waals surface area contributed by atoms with Crippen molar-refractivity contribution in [3.05, 3.63) is 47.5 Å². The molecule has 0 radical (unpaired) electrons. The van der Waals surface area contributed by atoms with E-state index in [1.807, 2.05) is 0 Å². The zero-order valence-electron chi connectivity index (χ0n) is 25.8. The molecule has 2 aromatic carbocycles. The number of phenols is 2. The van der Waals surface area contributed by atoms with E-state index in [0.717, 1.165) is 0 Å². The molecule has 0 aliphatic carbocycles. The summed E-state index contributed by atoms with van der Waals surface area (Å²) in [5, 5.41) is 33.9. The molecular weight excluding hydrogens is 604 g/mol. The van der Waals surface area contributed by atoms with Crippen molar-refractivity contribution in [2.45, 2.75) is 50.2 Å². The molecule has 17 heteroatoms. The number of phenolic OH excluding ortho intramolecular Hbond substituents is 2. The van der Waals surface area contributed by atoms with Crippen molar-refractivity contribution in [3.63, 3.8) is 0 Å². The van der Waals surface area contributed by atoms with Gasteiger partial charge in [-0.3, -0.25) is 19.4 Å². The van der Waals surface area contributed by atoms with Gasteiger partial charge in [0, 0.05) is 25.9 Å². The van der Waals surface area contributed by atoms with Gasteiger partial charge in [-0.25, -0.2) is 4.79 Å². The fourth-order valence-corrected chi connectivity index (χ4v) is 3.95. The summed E-state index contributed by atoms with van der Waals surface area (Å²) in [7, 11) is 2.98. The fraction of sp³-hybridized carbons (Fsp3) is 0.414. The van der Waals surface area contributed by atoms with E-state index < -0.39 is 41.7 Å². The van der Waals surface area contributed by atoms with Crippen LogP contribution in [0.15, 0.2) is 41.4 Å². The van der Waals surface area contributed by atoms with E-state index in [0.29, 0.717) is 42.0 Å². The number of guanidine groups is 1. The minimum absolute atomic E-state index is 0.0871. The van der Waals surface area contributed by atoms with Gasteiger partial charge in [0.25, 0.3) is 0 Å². The number of carboxylic acid groups (broad SMARTS) is 1. The maximum atomic E-state index is 13.1. The molecule has 254 valence electrons. The van der Waals surface area contributed by atoms with E-state index in [1.54, 1.807) is 18.2 Å². The molecule has 17 nitrogen and oxygen atoms in total. The second-order valence-electron chi connectivity index (χ2n) is 9.94. The molecule has 46 heavy (non-hydrogen) atoms. The molecule has 15 N–H and O–H groups in total. The summed E-state index contributed by atoms with van der Waals surface area (Å²) >= 11 is 0. The number of carboxylic acids is 1. The minimum atomic E-state index is -1.39. The molecule has 0 aromatic heterocycles. The lowest BCUT2D eigenvalue weighted by atomic mass is 10.0. The number of nitrogens with zero attached hydrogens (tertiary/aromatic N) is 1. The Labute approximate surface area is 266 Å². The van der Waals surface area contributed by atoms with Crippen LogP contribution in [0.4, 0.5) is 0 Å². The van der Waals surface area contributed by atoms with Crippen LogP contribution in [0, 0.1) is 0 Å². The van der Waals surface area contributed by atoms with Crippen LogP contribution in [0.5, 0.6) is 23.0 Å². The van der Waals surface area contributed by atoms with Gasteiger partial charge in [-0.15, -0.1) is 0 Å². The summed E-state index contributed by atoms with van der Waals surface area (Å²) in [6.45, 7) is 0.532. The molecule has 0 fully saturated rings. The maximum absolute atomic E-state index is 13.1. The van der Waals surface area contributed by atoms with Gasteiger partial charge >= 0.3 is 5.97 Å². The summed E-state index contributed by atoms with van der Waals surface area (Å²) in [4.78, 5) is 51.6. The summed E-state index contributed by atoms with van der Waals surface area (Å²) in [5.74, 6) is -3.02. The van der Waals surface area contributed by atoms with Crippen LogP contribution in [0.3, 0.4) is 0 Å². The number of benzene rings is 2. The maximum Gasteiger partial charge on any atom is 0.326 e. The van der Waals surface area contributed by atoms with E-state index in [-0.39, 0.29) is 43.4 Å². The molecule has 0 bridgehead atoms. The summed E-state index contributed by atoms with van der Waals surface area (Å²) < 4.78 is 10.5. The molecule has 0 saturated carbocycles. The van der Waals surface area contributed by atoms with Gasteiger partial charge in [-0.2, -0.15) is 0 Å². The molecule has 3 amide bonds. The van der Waals surface area contributed by atoms with Crippen molar-refractivity contribution < 1.29 is 44.0 Å². The van der Waals surface area contributed by atoms with E-state index in [2.05, 4.69) is 21.4 Å². The monoisotopic (exact) mass is 648 g/mol. The van der Waals surface area contributed by atoms with Crippen molar-refractivity contribution in [1.82, 2.24) is 10.6 Å². The summed E-state index contributed by atoms with van der Waals surface area (Å²) in [6.07, 6.45) is 0.605. The number of aromatic hydroxyl groups is 2. The number of nitrogens with two attached hydrogens (primary N) is 5. The van der Waals surface area contributed by atoms with Crippen LogP contribution in [-0.2, 0) is 32.0 Å². The fourth-order valence-electron chi connectivity index (χ4n) is 3.95. The number of primary amides is 1. The van der Waals surface area contributed by atoms with Crippen LogP contribution in [0.1, 0.15) is 30.4 Å². The summed E-state index contributed by atoms with van der Waals surface area (Å²) in [5.41, 5.74) is 27.5. The predicted octanol–water partition coefficient (Wildman–Crippen LogP) is -1.84. The van der Waals surface area contributed by atoms with E-state index in [4.69, 9.17) is 32.4 Å². The van der Waals surface area contributed by atoms with Crippen molar-refractivity contribution in [3.8, 4) is 23.0 Å². The third-order valence-electron chi connectivity index (χ3n) is 6.30. The average molecular weight is 649 g/mol. The van der Waals surface area contributed by atoms with Crippen LogP contribution in [-0.4, -0.2) is 90.4 Å². The highest BCUT2D eigenvalue weighted by molar-refractivity contribution is 5.92. The number of hydrogen-bond acceptors (Lipinski definition) is 11. The van der Waals surface area contributed by atoms with Crippen molar-refractivity contribution in [2.75, 3.05) is 27.3 Å². The summed E-state index contributed by atoms with van der Waals surface area (Å²) in [6, 6.07) is 5.33. The number of nitrogens with one attached hydrogen (secondary N) is 2. The van der Waals surface area contributed by atoms with Crippen molar-refractivity contribution in [2.24, 2.45) is 33.7 Å². The highest BCUT2D eigenvalue weighted by Gasteiger charge is 2.28. The Hall–Kier alpha value is -5.29. The predicted molar refractivity (Wildman–Crippen MR) is 169 cm³/mol. The van der Waals surface area contributed by atoms with Gasteiger partial charge in [0.05, 0.1) is 20.3 Å². The molecule has 2 rings (SSSR count). The standard InChI is InChI=1S/C26H36N6O8.C3H8N2O/c1-39-21-8-6-14(13-22(21)40-2)10-16(27)23(35)31-17(4-3-9-30-26(28)29)24(36)32-18(25(37)38)11-15-5-7-19(33)20(34)12-15;4-2-1-3(5)6/h5-8,12-13,16-18,33-34H,3-4,9-11,27H2,1-2H3,(H,31,35)(H,32,36)(H,37,38)(H4,28,29,30);1-2,4H2,(H2,5,6)/t16-,17+,18-;/m0./s1. The lowest BCUT2D eigenvalue weighted by molar-refractivity contribution is -0.142. The van der Waals surface area contributed by atoms with Gasteiger partial charge in [-0.1, -0.05) is 12.1 Å². The number of methoxy groups -OCH3 is 2. The van der Waals surface area contributed by atoms with Crippen LogP contribution in [0.25, 0.3) is 0 Å². The van der Waals surface area contributed by atoms with Crippen LogP contribution < -0.4 is 48.8 Å². The van der Waals surface area contributed by atoms with Crippen molar-refractivity contribution >= 4 is 29.7 Å². The Morgan fingerprint density at radius 3 is 1.98 bits per heavy atom. The zero-order valence-corrected chi connectivity index (χ0v) is 25.8. The Morgan fingerprint density at radius 2 is 1.46 bits per heavy atom. The third kappa shape index (κ3) is 14.0. The second-order valence-corrected chi connectivity index (χ2v) is 9.94. The molecule has 3 atom stereocenters. The van der Waals surface area contributed by atoms with Crippen molar-refractivity contribution in [1.29, 1.82) is 0 Å². The SMILES string of the molecule is COc1ccc(C[C@H](N)C(=O)N[C@H](CCCN=C(N)N)C(=O)N[C@@H](Cc2ccc(O)c(O)c2)C(=O)O)cc1OC.NCCC(N)=O. The number of carbonyl (C=O) groups is 4. The second kappa shape index (κ2) is 19.9. The highest BCUT2D eigenvalue weighted by atomic mass is 16.5. The van der Waals surface area contributed by atoms with Gasteiger partial charge in [0.2, 0.25) is 17.7 Å². The quantitative estimate of drug-likeness (QED) is 0.0390. The number of aliphatic carboxylic acids is 1. The minimum Gasteiger partial charge on any atom is -0.504 e. The van der Waals surface area contributed by atoms with E-state index in [1.165, 1.54) is 32.4 Å². The molecule has 0 unspecified atom stereocenters. The first-order valence-electron chi connectivity index (χ1n) is 14.1. The number of carbonyl (C=O) groups excluding carboxylic acids is 3.